The first-order valence-electron chi connectivity index (χ1n) is 11.0. The summed E-state index contributed by atoms with van der Waals surface area (Å²) >= 11 is 0. The maximum atomic E-state index is 13.3. The van der Waals surface area contributed by atoms with E-state index < -0.39 is 29.7 Å². The lowest BCUT2D eigenvalue weighted by atomic mass is 9.94. The van der Waals surface area contributed by atoms with Gasteiger partial charge in [0.05, 0.1) is 49.1 Å². The topological polar surface area (TPSA) is 99.9 Å². The van der Waals surface area contributed by atoms with Crippen LogP contribution in [0.15, 0.2) is 59.8 Å². The Morgan fingerprint density at radius 2 is 1.81 bits per heavy atom. The highest BCUT2D eigenvalue weighted by atomic mass is 19.4. The van der Waals surface area contributed by atoms with Crippen molar-refractivity contribution in [2.75, 3.05) is 32.2 Å². The smallest absolute Gasteiger partial charge is 0.416 e. The van der Waals surface area contributed by atoms with Gasteiger partial charge in [-0.25, -0.2) is 4.79 Å². The first kappa shape index (κ1) is 29.1. The highest BCUT2D eigenvalue weighted by Gasteiger charge is 2.34. The number of alkyl halides is 3. The molecular formula is C26H26F3N3O5. The molecule has 0 aliphatic rings. The lowest BCUT2D eigenvalue weighted by Crippen LogP contribution is -2.36. The molecule has 0 heterocycles. The summed E-state index contributed by atoms with van der Waals surface area (Å²) in [6.07, 6.45) is -4.36. The molecule has 196 valence electrons. The van der Waals surface area contributed by atoms with Crippen LogP contribution in [0.4, 0.5) is 18.9 Å². The van der Waals surface area contributed by atoms with E-state index in [4.69, 9.17) is 14.7 Å². The molecule has 0 bridgehead atoms. The number of esters is 2. The molecule has 0 aliphatic carbocycles. The fraction of sp³-hybridized carbons (Fsp3) is 0.308. The minimum Gasteiger partial charge on any atom is -0.468 e. The third-order valence-corrected chi connectivity index (χ3v) is 5.48. The number of carbonyl (C=O) groups excluding carboxylic acids is 3. The van der Waals surface area contributed by atoms with Crippen molar-refractivity contribution >= 4 is 24.0 Å². The molecule has 0 aromatic heterocycles. The molecule has 11 heteroatoms. The van der Waals surface area contributed by atoms with Crippen molar-refractivity contribution in [2.24, 2.45) is 0 Å². The molecule has 0 fully saturated rings. The van der Waals surface area contributed by atoms with Gasteiger partial charge in [0, 0.05) is 11.4 Å². The summed E-state index contributed by atoms with van der Waals surface area (Å²) in [5.74, 6) is -1.46. The number of allylic oxidation sites excluding steroid dienone is 1. The molecule has 8 nitrogen and oxygen atoms in total. The SMILES string of the molecule is CCOC(=O)/C(=C(\C)N(C=O)c1cccc(C(F)(F)F)c1)C(c1ccc(C#N)cc1)N(C)CC(=O)OC. The van der Waals surface area contributed by atoms with Gasteiger partial charge < -0.3 is 9.47 Å². The van der Waals surface area contributed by atoms with E-state index in [1.165, 1.54) is 44.2 Å². The Morgan fingerprint density at radius 3 is 2.32 bits per heavy atom. The average molecular weight is 518 g/mol. The zero-order valence-electron chi connectivity index (χ0n) is 20.7. The molecule has 0 spiro atoms. The van der Waals surface area contributed by atoms with E-state index in [2.05, 4.69) is 0 Å². The van der Waals surface area contributed by atoms with Crippen molar-refractivity contribution in [1.82, 2.24) is 4.90 Å². The van der Waals surface area contributed by atoms with Gasteiger partial charge in [-0.15, -0.1) is 0 Å². The van der Waals surface area contributed by atoms with E-state index in [0.717, 1.165) is 23.1 Å². The molecule has 0 aliphatic heterocycles. The van der Waals surface area contributed by atoms with Crippen LogP contribution in [0.5, 0.6) is 0 Å². The van der Waals surface area contributed by atoms with Gasteiger partial charge in [0.2, 0.25) is 6.41 Å². The normalized spacial score (nSPS) is 12.7. The maximum Gasteiger partial charge on any atom is 0.416 e. The van der Waals surface area contributed by atoms with Crippen LogP contribution in [0.3, 0.4) is 0 Å². The summed E-state index contributed by atoms with van der Waals surface area (Å²) in [5.41, 5.74) is -0.411. The monoisotopic (exact) mass is 517 g/mol. The number of likely N-dealkylation sites (N-methyl/N-ethyl adjacent to an activating group) is 1. The molecule has 2 aromatic carbocycles. The number of benzene rings is 2. The fourth-order valence-electron chi connectivity index (χ4n) is 3.70. The standard InChI is InChI=1S/C26H26F3N3O5/c1-5-37-25(35)23(17(2)32(16-33)21-8-6-7-20(13-21)26(27,28)29)24(31(3)15-22(34)36-4)19-11-9-18(14-30)10-12-19/h6-13,16,24H,5,15H2,1-4H3/b23-17+. The van der Waals surface area contributed by atoms with Crippen LogP contribution in [0, 0.1) is 11.3 Å². The lowest BCUT2D eigenvalue weighted by molar-refractivity contribution is -0.143. The number of anilines is 1. The average Bonchev–Trinajstić information content (AvgIpc) is 2.87. The highest BCUT2D eigenvalue weighted by molar-refractivity contribution is 5.94. The zero-order valence-corrected chi connectivity index (χ0v) is 20.7. The molecule has 0 saturated heterocycles. The van der Waals surface area contributed by atoms with Crippen LogP contribution in [0.1, 0.15) is 36.6 Å². The molecule has 37 heavy (non-hydrogen) atoms. The molecular weight excluding hydrogens is 491 g/mol. The summed E-state index contributed by atoms with van der Waals surface area (Å²) in [6.45, 7) is 2.66. The Balaban J connectivity index is 2.80. The van der Waals surface area contributed by atoms with Crippen LogP contribution in [-0.4, -0.2) is 50.6 Å². The van der Waals surface area contributed by atoms with Crippen molar-refractivity contribution in [1.29, 1.82) is 5.26 Å². The van der Waals surface area contributed by atoms with Crippen LogP contribution in [-0.2, 0) is 30.0 Å². The summed E-state index contributed by atoms with van der Waals surface area (Å²) in [4.78, 5) is 39.9. The molecule has 2 rings (SSSR count). The Bertz CT molecular complexity index is 1200. The Kier molecular flexibility index (Phi) is 9.97. The van der Waals surface area contributed by atoms with Crippen molar-refractivity contribution in [3.8, 4) is 6.07 Å². The molecule has 1 unspecified atom stereocenters. The van der Waals surface area contributed by atoms with Crippen LogP contribution in [0.2, 0.25) is 0 Å². The number of ether oxygens (including phenoxy) is 2. The van der Waals surface area contributed by atoms with E-state index in [0.29, 0.717) is 17.5 Å². The first-order chi connectivity index (χ1) is 17.5. The number of nitriles is 1. The number of rotatable bonds is 10. The van der Waals surface area contributed by atoms with Crippen molar-refractivity contribution in [3.63, 3.8) is 0 Å². The van der Waals surface area contributed by atoms with Crippen LogP contribution in [0.25, 0.3) is 0 Å². The van der Waals surface area contributed by atoms with E-state index in [-0.39, 0.29) is 30.1 Å². The summed E-state index contributed by atoms with van der Waals surface area (Å²) in [5, 5.41) is 9.16. The van der Waals surface area contributed by atoms with Crippen molar-refractivity contribution in [3.05, 3.63) is 76.5 Å². The number of methoxy groups -OCH3 is 1. The van der Waals surface area contributed by atoms with E-state index in [1.807, 2.05) is 6.07 Å². The predicted molar refractivity (Wildman–Crippen MR) is 128 cm³/mol. The van der Waals surface area contributed by atoms with Crippen LogP contribution >= 0.6 is 0 Å². The van der Waals surface area contributed by atoms with Gasteiger partial charge in [0.25, 0.3) is 0 Å². The number of hydrogen-bond donors (Lipinski definition) is 0. The lowest BCUT2D eigenvalue weighted by Gasteiger charge is -2.32. The fourth-order valence-corrected chi connectivity index (χ4v) is 3.70. The van der Waals surface area contributed by atoms with Crippen molar-refractivity contribution < 1.29 is 37.0 Å². The number of nitrogens with zero attached hydrogens (tertiary/aromatic N) is 3. The third kappa shape index (κ3) is 7.17. The number of halogens is 3. The van der Waals surface area contributed by atoms with Gasteiger partial charge in [0.15, 0.2) is 0 Å². The molecule has 0 saturated carbocycles. The highest BCUT2D eigenvalue weighted by Crippen LogP contribution is 2.35. The number of amides is 1. The van der Waals surface area contributed by atoms with Gasteiger partial charge in [-0.05, 0) is 56.8 Å². The van der Waals surface area contributed by atoms with E-state index in [1.54, 1.807) is 19.1 Å². The van der Waals surface area contributed by atoms with Gasteiger partial charge in [-0.3, -0.25) is 19.4 Å². The van der Waals surface area contributed by atoms with Gasteiger partial charge >= 0.3 is 18.1 Å². The van der Waals surface area contributed by atoms with Gasteiger partial charge in [-0.1, -0.05) is 18.2 Å². The quantitative estimate of drug-likeness (QED) is 0.264. The molecule has 1 amide bonds. The molecule has 1 atom stereocenters. The van der Waals surface area contributed by atoms with E-state index >= 15 is 0 Å². The number of carbonyl (C=O) groups is 3. The minimum absolute atomic E-state index is 0.0150. The Hall–Kier alpha value is -4.17. The second-order valence-corrected chi connectivity index (χ2v) is 7.87. The summed E-state index contributed by atoms with van der Waals surface area (Å²) in [7, 11) is 2.73. The van der Waals surface area contributed by atoms with Crippen LogP contribution < -0.4 is 4.90 Å². The van der Waals surface area contributed by atoms with Gasteiger partial charge in [0.1, 0.15) is 0 Å². The molecule has 2 aromatic rings. The molecule has 0 radical (unpaired) electrons. The maximum absolute atomic E-state index is 13.3. The first-order valence-corrected chi connectivity index (χ1v) is 11.0. The summed E-state index contributed by atoms with van der Waals surface area (Å²) in [6, 6.07) is 11.2. The predicted octanol–water partition coefficient (Wildman–Crippen LogP) is 4.22. The minimum atomic E-state index is -4.65. The van der Waals surface area contributed by atoms with Gasteiger partial charge in [-0.2, -0.15) is 18.4 Å². The molecule has 0 N–H and O–H groups in total. The Labute approximate surface area is 212 Å². The van der Waals surface area contributed by atoms with E-state index in [9.17, 15) is 27.6 Å². The summed E-state index contributed by atoms with van der Waals surface area (Å²) < 4.78 is 50.0. The zero-order chi connectivity index (χ0) is 27.8. The third-order valence-electron chi connectivity index (χ3n) is 5.48. The number of hydrogen-bond acceptors (Lipinski definition) is 7. The second-order valence-electron chi connectivity index (χ2n) is 7.87. The second kappa shape index (κ2) is 12.7. The largest absolute Gasteiger partial charge is 0.468 e. The van der Waals surface area contributed by atoms with Crippen molar-refractivity contribution in [2.45, 2.75) is 26.1 Å². The Morgan fingerprint density at radius 1 is 1.16 bits per heavy atom.